The molecule has 0 saturated carbocycles. The fourth-order valence-electron chi connectivity index (χ4n) is 3.97. The molecule has 3 amide bonds. The molecule has 0 radical (unpaired) electrons. The summed E-state index contributed by atoms with van der Waals surface area (Å²) in [7, 11) is 0. The van der Waals surface area contributed by atoms with Crippen molar-refractivity contribution in [2.75, 3.05) is 11.9 Å². The molecule has 5 rings (SSSR count). The quantitative estimate of drug-likeness (QED) is 0.486. The highest BCUT2D eigenvalue weighted by atomic mass is 32.1. The first-order chi connectivity index (χ1) is 15.1. The smallest absolute Gasteiger partial charge is 0.246 e. The topological polar surface area (TPSA) is 88.6 Å². The lowest BCUT2D eigenvalue weighted by molar-refractivity contribution is -0.142. The van der Waals surface area contributed by atoms with Crippen molar-refractivity contribution >= 4 is 44.4 Å². The normalized spacial score (nSPS) is 20.2. The average molecular weight is 433 g/mol. The fourth-order valence-corrected chi connectivity index (χ4v) is 4.88. The molecular weight excluding hydrogens is 414 g/mol. The number of para-hydroxylation sites is 1. The molecule has 0 spiro atoms. The van der Waals surface area contributed by atoms with Crippen LogP contribution in [-0.2, 0) is 14.4 Å². The zero-order valence-electron chi connectivity index (χ0n) is 16.5. The standard InChI is InChI=1S/C23H19N3O4S/c27-20(13-26-21(28)16-8-4-5-9-17(16)22(26)29)25-23-24-18-11-10-15(12-19(18)31-23)30-14-6-2-1-3-7-14/h1-7,10-12,16-17H,8-9,13H2,(H,24,25,27). The lowest BCUT2D eigenvalue weighted by atomic mass is 9.85. The number of likely N-dealkylation sites (tertiary alicyclic amines) is 1. The van der Waals surface area contributed by atoms with Crippen molar-refractivity contribution in [1.82, 2.24) is 9.88 Å². The van der Waals surface area contributed by atoms with E-state index in [1.807, 2.05) is 60.7 Å². The van der Waals surface area contributed by atoms with E-state index in [-0.39, 0.29) is 30.2 Å². The molecule has 2 heterocycles. The van der Waals surface area contributed by atoms with Crippen molar-refractivity contribution in [3.8, 4) is 11.5 Å². The average Bonchev–Trinajstić information content (AvgIpc) is 3.28. The molecular formula is C23H19N3O4S. The lowest BCUT2D eigenvalue weighted by Gasteiger charge is -2.14. The number of hydrogen-bond donors (Lipinski definition) is 1. The SMILES string of the molecule is O=C(CN1C(=O)C2CC=CCC2C1=O)Nc1nc2ccc(Oc3ccccc3)cc2s1. The largest absolute Gasteiger partial charge is 0.457 e. The van der Waals surface area contributed by atoms with Gasteiger partial charge in [0.15, 0.2) is 5.13 Å². The molecule has 3 aromatic rings. The van der Waals surface area contributed by atoms with Crippen molar-refractivity contribution in [1.29, 1.82) is 0 Å². The van der Waals surface area contributed by atoms with Gasteiger partial charge in [0.2, 0.25) is 17.7 Å². The van der Waals surface area contributed by atoms with Crippen LogP contribution in [0.3, 0.4) is 0 Å². The number of nitrogens with zero attached hydrogens (tertiary/aromatic N) is 2. The van der Waals surface area contributed by atoms with Gasteiger partial charge in [0.1, 0.15) is 18.0 Å². The van der Waals surface area contributed by atoms with E-state index in [9.17, 15) is 14.4 Å². The third-order valence-corrected chi connectivity index (χ3v) is 6.42. The molecule has 0 bridgehead atoms. The Kier molecular flexibility index (Phi) is 4.99. The summed E-state index contributed by atoms with van der Waals surface area (Å²) in [5, 5.41) is 3.13. The van der Waals surface area contributed by atoms with Gasteiger partial charge in [0.25, 0.3) is 0 Å². The second kappa shape index (κ2) is 7.96. The van der Waals surface area contributed by atoms with Crippen molar-refractivity contribution < 1.29 is 19.1 Å². The van der Waals surface area contributed by atoms with Gasteiger partial charge in [-0.1, -0.05) is 41.7 Å². The van der Waals surface area contributed by atoms with Crippen LogP contribution in [0.2, 0.25) is 0 Å². The summed E-state index contributed by atoms with van der Waals surface area (Å²) in [5.74, 6) is -0.233. The maximum absolute atomic E-state index is 12.5. The second-order valence-corrected chi connectivity index (χ2v) is 8.56. The van der Waals surface area contributed by atoms with Crippen LogP contribution in [0, 0.1) is 11.8 Å². The zero-order valence-corrected chi connectivity index (χ0v) is 17.3. The monoisotopic (exact) mass is 433 g/mol. The molecule has 2 aliphatic rings. The molecule has 31 heavy (non-hydrogen) atoms. The van der Waals surface area contributed by atoms with Gasteiger partial charge in [-0.15, -0.1) is 0 Å². The molecule has 2 atom stereocenters. The summed E-state index contributed by atoms with van der Waals surface area (Å²) in [6.45, 7) is -0.289. The molecule has 156 valence electrons. The highest BCUT2D eigenvalue weighted by Gasteiger charge is 2.47. The Bertz CT molecular complexity index is 1180. The number of carbonyl (C=O) groups excluding carboxylic acids is 3. The van der Waals surface area contributed by atoms with Crippen LogP contribution >= 0.6 is 11.3 Å². The number of anilines is 1. The van der Waals surface area contributed by atoms with E-state index < -0.39 is 5.91 Å². The zero-order chi connectivity index (χ0) is 21.4. The highest BCUT2D eigenvalue weighted by molar-refractivity contribution is 7.22. The Balaban J connectivity index is 1.26. The van der Waals surface area contributed by atoms with Crippen LogP contribution in [0.15, 0.2) is 60.7 Å². The number of ether oxygens (including phenoxy) is 1. The van der Waals surface area contributed by atoms with Gasteiger partial charge in [-0.3, -0.25) is 19.3 Å². The number of nitrogens with one attached hydrogen (secondary N) is 1. The summed E-state index contributed by atoms with van der Waals surface area (Å²) < 4.78 is 6.70. The second-order valence-electron chi connectivity index (χ2n) is 7.53. The summed E-state index contributed by atoms with van der Waals surface area (Å²) in [5.41, 5.74) is 0.728. The molecule has 1 fully saturated rings. The van der Waals surface area contributed by atoms with E-state index in [1.165, 1.54) is 11.3 Å². The van der Waals surface area contributed by atoms with Gasteiger partial charge in [-0.2, -0.15) is 0 Å². The fraction of sp³-hybridized carbons (Fsp3) is 0.217. The number of benzene rings is 2. The number of amides is 3. The van der Waals surface area contributed by atoms with E-state index in [0.29, 0.717) is 23.7 Å². The third kappa shape index (κ3) is 3.82. The van der Waals surface area contributed by atoms with Crippen molar-refractivity contribution in [3.63, 3.8) is 0 Å². The van der Waals surface area contributed by atoms with E-state index in [1.54, 1.807) is 0 Å². The van der Waals surface area contributed by atoms with Crippen LogP contribution in [0.5, 0.6) is 11.5 Å². The van der Waals surface area contributed by atoms with Gasteiger partial charge in [-0.25, -0.2) is 4.98 Å². The number of hydrogen-bond acceptors (Lipinski definition) is 6. The number of thiazole rings is 1. The van der Waals surface area contributed by atoms with Crippen LogP contribution in [0.1, 0.15) is 12.8 Å². The van der Waals surface area contributed by atoms with Gasteiger partial charge < -0.3 is 10.1 Å². The number of imide groups is 1. The van der Waals surface area contributed by atoms with Crippen molar-refractivity contribution in [2.45, 2.75) is 12.8 Å². The maximum atomic E-state index is 12.5. The summed E-state index contributed by atoms with van der Waals surface area (Å²) in [6, 6.07) is 15.0. The summed E-state index contributed by atoms with van der Waals surface area (Å²) >= 11 is 1.31. The Hall–Kier alpha value is -3.52. The highest BCUT2D eigenvalue weighted by Crippen LogP contribution is 2.35. The first kappa shape index (κ1) is 19.4. The molecule has 1 saturated heterocycles. The summed E-state index contributed by atoms with van der Waals surface area (Å²) in [6.07, 6.45) is 4.96. The Morgan fingerprint density at radius 3 is 2.45 bits per heavy atom. The van der Waals surface area contributed by atoms with Crippen LogP contribution in [0.25, 0.3) is 10.2 Å². The molecule has 2 aromatic carbocycles. The number of fused-ring (bicyclic) bond motifs is 2. The minimum atomic E-state index is -0.437. The number of aromatic nitrogens is 1. The Labute approximate surface area is 182 Å². The van der Waals surface area contributed by atoms with E-state index >= 15 is 0 Å². The molecule has 1 N–H and O–H groups in total. The van der Waals surface area contributed by atoms with Gasteiger partial charge in [0, 0.05) is 6.07 Å². The third-order valence-electron chi connectivity index (χ3n) is 5.49. The van der Waals surface area contributed by atoms with Crippen molar-refractivity contribution in [2.24, 2.45) is 11.8 Å². The number of carbonyl (C=O) groups is 3. The maximum Gasteiger partial charge on any atom is 0.246 e. The van der Waals surface area contributed by atoms with Gasteiger partial charge in [-0.05, 0) is 37.1 Å². The van der Waals surface area contributed by atoms with Crippen LogP contribution < -0.4 is 10.1 Å². The molecule has 7 nitrogen and oxygen atoms in total. The lowest BCUT2D eigenvalue weighted by Crippen LogP contribution is -2.38. The molecule has 1 aliphatic heterocycles. The number of allylic oxidation sites excluding steroid dienone is 2. The first-order valence-corrected chi connectivity index (χ1v) is 10.8. The predicted molar refractivity (Wildman–Crippen MR) is 117 cm³/mol. The minimum Gasteiger partial charge on any atom is -0.457 e. The summed E-state index contributed by atoms with van der Waals surface area (Å²) in [4.78, 5) is 43.1. The Morgan fingerprint density at radius 1 is 1.03 bits per heavy atom. The van der Waals surface area contributed by atoms with E-state index in [4.69, 9.17) is 4.74 Å². The number of rotatable bonds is 5. The van der Waals surface area contributed by atoms with Crippen molar-refractivity contribution in [3.05, 3.63) is 60.7 Å². The molecule has 1 aliphatic carbocycles. The predicted octanol–water partition coefficient (Wildman–Crippen LogP) is 3.98. The van der Waals surface area contributed by atoms with E-state index in [2.05, 4.69) is 10.3 Å². The van der Waals surface area contributed by atoms with Gasteiger partial charge >= 0.3 is 0 Å². The molecule has 1 aromatic heterocycles. The molecule has 2 unspecified atom stereocenters. The molecule has 8 heteroatoms. The Morgan fingerprint density at radius 2 is 1.74 bits per heavy atom. The van der Waals surface area contributed by atoms with Crippen LogP contribution in [-0.4, -0.2) is 34.2 Å². The first-order valence-electron chi connectivity index (χ1n) is 10.0. The van der Waals surface area contributed by atoms with E-state index in [0.717, 1.165) is 20.9 Å². The van der Waals surface area contributed by atoms with Crippen LogP contribution in [0.4, 0.5) is 5.13 Å². The minimum absolute atomic E-state index is 0.262. The van der Waals surface area contributed by atoms with Gasteiger partial charge in [0.05, 0.1) is 22.1 Å².